The first kappa shape index (κ1) is 20.9. The van der Waals surface area contributed by atoms with Crippen LogP contribution in [0.1, 0.15) is 35.9 Å². The number of fused-ring (bicyclic) bond motifs is 1. The van der Waals surface area contributed by atoms with E-state index in [1.54, 1.807) is 12.1 Å². The Bertz CT molecular complexity index is 1010. The summed E-state index contributed by atoms with van der Waals surface area (Å²) in [5.41, 5.74) is 7.06. The largest absolute Gasteiger partial charge is 0.494 e. The van der Waals surface area contributed by atoms with Crippen molar-refractivity contribution in [3.05, 3.63) is 58.3 Å². The fraction of sp³-hybridized carbons (Fsp3) is 0.286. The summed E-state index contributed by atoms with van der Waals surface area (Å²) in [4.78, 5) is 28.7. The maximum Gasteiger partial charge on any atom is 0.269 e. The van der Waals surface area contributed by atoms with E-state index in [1.165, 1.54) is 0 Å². The highest BCUT2D eigenvalue weighted by molar-refractivity contribution is 9.10. The van der Waals surface area contributed by atoms with Crippen molar-refractivity contribution in [2.75, 3.05) is 6.61 Å². The number of aryl methyl sites for hydroxylation is 2. The maximum absolute atomic E-state index is 12.3. The van der Waals surface area contributed by atoms with Crippen LogP contribution in [0.25, 0.3) is 11.0 Å². The van der Waals surface area contributed by atoms with Gasteiger partial charge in [0.05, 0.1) is 17.6 Å². The molecule has 0 saturated carbocycles. The van der Waals surface area contributed by atoms with E-state index in [2.05, 4.69) is 36.3 Å². The third kappa shape index (κ3) is 5.35. The lowest BCUT2D eigenvalue weighted by Gasteiger charge is -2.09. The summed E-state index contributed by atoms with van der Waals surface area (Å²) in [5.74, 6) is 0.997. The first-order valence-electron chi connectivity index (χ1n) is 9.42. The lowest BCUT2D eigenvalue weighted by Crippen LogP contribution is -2.41. The first-order valence-corrected chi connectivity index (χ1v) is 10.2. The predicted octanol–water partition coefficient (Wildman–Crippen LogP) is 3.75. The molecule has 7 nitrogen and oxygen atoms in total. The Labute approximate surface area is 177 Å². The number of benzene rings is 2. The number of carbonyl (C=O) groups excluding carboxylic acids is 2. The minimum atomic E-state index is -0.380. The molecule has 0 saturated heterocycles. The average Bonchev–Trinajstić information content (AvgIpc) is 3.04. The molecule has 2 aromatic carbocycles. The van der Waals surface area contributed by atoms with Gasteiger partial charge in [0.1, 0.15) is 11.6 Å². The van der Waals surface area contributed by atoms with Crippen molar-refractivity contribution in [2.24, 2.45) is 0 Å². The number of carbonyl (C=O) groups is 2. The second-order valence-electron chi connectivity index (χ2n) is 6.52. The molecule has 0 aliphatic carbocycles. The van der Waals surface area contributed by atoms with Gasteiger partial charge in [-0.25, -0.2) is 4.98 Å². The van der Waals surface area contributed by atoms with Crippen molar-refractivity contribution in [3.63, 3.8) is 0 Å². The Morgan fingerprint density at radius 1 is 1.14 bits per heavy atom. The van der Waals surface area contributed by atoms with Gasteiger partial charge in [-0.1, -0.05) is 15.9 Å². The lowest BCUT2D eigenvalue weighted by molar-refractivity contribution is -0.122. The minimum absolute atomic E-state index is 0.246. The molecule has 0 spiro atoms. The third-order valence-corrected chi connectivity index (χ3v) is 4.99. The Hall–Kier alpha value is -2.87. The van der Waals surface area contributed by atoms with Crippen LogP contribution in [0.5, 0.6) is 5.75 Å². The number of halogens is 1. The molecule has 0 radical (unpaired) electrons. The van der Waals surface area contributed by atoms with Gasteiger partial charge in [0.2, 0.25) is 5.91 Å². The highest BCUT2D eigenvalue weighted by atomic mass is 79.9. The number of aromatic nitrogens is 2. The average molecular weight is 459 g/mol. The molecule has 29 heavy (non-hydrogen) atoms. The maximum atomic E-state index is 12.3. The van der Waals surface area contributed by atoms with Crippen LogP contribution in [-0.4, -0.2) is 28.0 Å². The molecule has 0 aliphatic rings. The molecule has 3 aromatic rings. The molecule has 3 rings (SSSR count). The van der Waals surface area contributed by atoms with E-state index in [4.69, 9.17) is 4.74 Å². The molecule has 1 aromatic heterocycles. The summed E-state index contributed by atoms with van der Waals surface area (Å²) < 4.78 is 8.63. The van der Waals surface area contributed by atoms with Crippen molar-refractivity contribution in [2.45, 2.75) is 33.2 Å². The molecule has 0 atom stereocenters. The Balaban J connectivity index is 1.44. The zero-order chi connectivity index (χ0) is 20.8. The zero-order valence-corrected chi connectivity index (χ0v) is 18.0. The van der Waals surface area contributed by atoms with E-state index in [0.29, 0.717) is 18.6 Å². The van der Waals surface area contributed by atoms with Crippen LogP contribution in [0.4, 0.5) is 0 Å². The van der Waals surface area contributed by atoms with Gasteiger partial charge in [-0.2, -0.15) is 0 Å². The van der Waals surface area contributed by atoms with Crippen molar-refractivity contribution in [1.82, 2.24) is 20.4 Å². The summed E-state index contributed by atoms with van der Waals surface area (Å²) in [6.07, 6.45) is 0.785. The molecular weight excluding hydrogens is 436 g/mol. The quantitative estimate of drug-likeness (QED) is 0.417. The van der Waals surface area contributed by atoms with E-state index in [-0.39, 0.29) is 18.2 Å². The van der Waals surface area contributed by atoms with Crippen LogP contribution in [0.3, 0.4) is 0 Å². The molecule has 0 fully saturated rings. The Morgan fingerprint density at radius 2 is 1.90 bits per heavy atom. The first-order chi connectivity index (χ1) is 14.0. The number of hydrogen-bond acceptors (Lipinski definition) is 4. The molecule has 152 valence electrons. The van der Waals surface area contributed by atoms with Gasteiger partial charge >= 0.3 is 0 Å². The molecule has 0 aliphatic heterocycles. The molecule has 2 amide bonds. The van der Waals surface area contributed by atoms with Crippen molar-refractivity contribution in [3.8, 4) is 5.75 Å². The summed E-state index contributed by atoms with van der Waals surface area (Å²) in [5, 5.41) is 0. The molecule has 2 N–H and O–H groups in total. The standard InChI is InChI=1S/C21H23BrN4O3/c1-3-26-14(2)23-18-13-15(6-11-19(18)26)21(28)25-24-20(27)5-4-12-29-17-9-7-16(22)8-10-17/h6-11,13H,3-5,12H2,1-2H3,(H,24,27)(H,25,28). The molecule has 1 heterocycles. The molecule has 8 heteroatoms. The highest BCUT2D eigenvalue weighted by Crippen LogP contribution is 2.18. The second-order valence-corrected chi connectivity index (χ2v) is 7.43. The lowest BCUT2D eigenvalue weighted by atomic mass is 10.2. The fourth-order valence-corrected chi connectivity index (χ4v) is 3.27. The van der Waals surface area contributed by atoms with E-state index >= 15 is 0 Å². The number of imidazole rings is 1. The minimum Gasteiger partial charge on any atom is -0.494 e. The highest BCUT2D eigenvalue weighted by Gasteiger charge is 2.11. The van der Waals surface area contributed by atoms with Gasteiger partial charge in [-0.05, 0) is 62.7 Å². The van der Waals surface area contributed by atoms with Gasteiger partial charge in [-0.3, -0.25) is 20.4 Å². The summed E-state index contributed by atoms with van der Waals surface area (Å²) in [6.45, 7) is 5.21. The number of nitrogens with one attached hydrogen (secondary N) is 2. The van der Waals surface area contributed by atoms with Crippen LogP contribution < -0.4 is 15.6 Å². The van der Waals surface area contributed by atoms with Gasteiger partial charge in [-0.15, -0.1) is 0 Å². The van der Waals surface area contributed by atoms with Crippen LogP contribution in [-0.2, 0) is 11.3 Å². The number of hydrogen-bond donors (Lipinski definition) is 2. The van der Waals surface area contributed by atoms with Crippen molar-refractivity contribution in [1.29, 1.82) is 0 Å². The topological polar surface area (TPSA) is 85.3 Å². The predicted molar refractivity (Wildman–Crippen MR) is 115 cm³/mol. The summed E-state index contributed by atoms with van der Waals surface area (Å²) in [6, 6.07) is 12.8. The number of hydrazine groups is 1. The molecule has 0 unspecified atom stereocenters. The zero-order valence-electron chi connectivity index (χ0n) is 16.4. The van der Waals surface area contributed by atoms with Crippen LogP contribution in [0.2, 0.25) is 0 Å². The SMILES string of the molecule is CCn1c(C)nc2cc(C(=O)NNC(=O)CCCOc3ccc(Br)cc3)ccc21. The van der Waals surface area contributed by atoms with Gasteiger partial charge in [0.25, 0.3) is 5.91 Å². The van der Waals surface area contributed by atoms with E-state index in [9.17, 15) is 9.59 Å². The van der Waals surface area contributed by atoms with Crippen LogP contribution in [0.15, 0.2) is 46.9 Å². The number of ether oxygens (including phenoxy) is 1. The number of rotatable bonds is 7. The normalized spacial score (nSPS) is 10.7. The Kier molecular flexibility index (Phi) is 6.87. The molecular formula is C21H23BrN4O3. The second kappa shape index (κ2) is 9.56. The van der Waals surface area contributed by atoms with Crippen LogP contribution >= 0.6 is 15.9 Å². The van der Waals surface area contributed by atoms with Crippen molar-refractivity contribution < 1.29 is 14.3 Å². The molecule has 0 bridgehead atoms. The smallest absolute Gasteiger partial charge is 0.269 e. The van der Waals surface area contributed by atoms with Gasteiger partial charge in [0, 0.05) is 23.0 Å². The van der Waals surface area contributed by atoms with E-state index in [0.717, 1.165) is 33.6 Å². The van der Waals surface area contributed by atoms with E-state index < -0.39 is 0 Å². The van der Waals surface area contributed by atoms with Gasteiger partial charge in [0.15, 0.2) is 0 Å². The van der Waals surface area contributed by atoms with Crippen LogP contribution in [0, 0.1) is 6.92 Å². The fourth-order valence-electron chi connectivity index (χ4n) is 3.01. The Morgan fingerprint density at radius 3 is 2.62 bits per heavy atom. The monoisotopic (exact) mass is 458 g/mol. The number of nitrogens with zero attached hydrogens (tertiary/aromatic N) is 2. The van der Waals surface area contributed by atoms with E-state index in [1.807, 2.05) is 44.2 Å². The third-order valence-electron chi connectivity index (χ3n) is 4.46. The number of amides is 2. The van der Waals surface area contributed by atoms with Crippen molar-refractivity contribution >= 4 is 38.8 Å². The summed E-state index contributed by atoms with van der Waals surface area (Å²) in [7, 11) is 0. The van der Waals surface area contributed by atoms with Gasteiger partial charge < -0.3 is 9.30 Å². The summed E-state index contributed by atoms with van der Waals surface area (Å²) >= 11 is 3.36.